The summed E-state index contributed by atoms with van der Waals surface area (Å²) in [6.45, 7) is 0.0663. The SMILES string of the molecule is O=S(=O)(CCCC(F)(F)F)N(CCCO)C1CCC1. The number of sulfonamides is 1. The van der Waals surface area contributed by atoms with Gasteiger partial charge in [-0.3, -0.25) is 0 Å². The molecule has 0 spiro atoms. The number of nitrogens with zero attached hydrogens (tertiary/aromatic N) is 1. The van der Waals surface area contributed by atoms with Crippen molar-refractivity contribution in [2.45, 2.75) is 50.7 Å². The number of aliphatic hydroxyl groups is 1. The maximum atomic E-state index is 12.0. The van der Waals surface area contributed by atoms with E-state index < -0.39 is 34.8 Å². The van der Waals surface area contributed by atoms with E-state index in [1.807, 2.05) is 0 Å². The molecule has 1 saturated carbocycles. The molecule has 8 heteroatoms. The molecular weight excluding hydrogens is 283 g/mol. The van der Waals surface area contributed by atoms with Gasteiger partial charge >= 0.3 is 6.18 Å². The highest BCUT2D eigenvalue weighted by atomic mass is 32.2. The van der Waals surface area contributed by atoms with Gasteiger partial charge in [0.1, 0.15) is 0 Å². The molecule has 0 heterocycles. The van der Waals surface area contributed by atoms with Crippen LogP contribution in [0.2, 0.25) is 0 Å². The lowest BCUT2D eigenvalue weighted by Gasteiger charge is -2.36. The molecule has 0 bridgehead atoms. The Morgan fingerprint density at radius 2 is 1.84 bits per heavy atom. The molecule has 0 saturated heterocycles. The minimum absolute atomic E-state index is 0.0950. The van der Waals surface area contributed by atoms with Crippen LogP contribution in [0.15, 0.2) is 0 Å². The first-order chi connectivity index (χ1) is 8.76. The number of alkyl halides is 3. The van der Waals surface area contributed by atoms with E-state index in [1.165, 1.54) is 4.31 Å². The van der Waals surface area contributed by atoms with Crippen molar-refractivity contribution in [2.24, 2.45) is 0 Å². The van der Waals surface area contributed by atoms with Gasteiger partial charge in [0.25, 0.3) is 0 Å². The summed E-state index contributed by atoms with van der Waals surface area (Å²) in [5, 5.41) is 8.77. The Bertz CT molecular complexity index is 366. The third-order valence-corrected chi connectivity index (χ3v) is 5.24. The number of aliphatic hydroxyl groups excluding tert-OH is 1. The number of hydrogen-bond acceptors (Lipinski definition) is 3. The lowest BCUT2D eigenvalue weighted by molar-refractivity contribution is -0.134. The van der Waals surface area contributed by atoms with Gasteiger partial charge in [0.2, 0.25) is 10.0 Å². The van der Waals surface area contributed by atoms with Crippen molar-refractivity contribution < 1.29 is 26.7 Å². The quantitative estimate of drug-likeness (QED) is 0.745. The molecular formula is C11H20F3NO3S. The summed E-state index contributed by atoms with van der Waals surface area (Å²) in [6, 6.07) is -0.0950. The Kier molecular flexibility index (Phi) is 6.07. The van der Waals surface area contributed by atoms with Gasteiger partial charge in [0, 0.05) is 25.6 Å². The predicted octanol–water partition coefficient (Wildman–Crippen LogP) is 1.90. The maximum Gasteiger partial charge on any atom is 0.389 e. The highest BCUT2D eigenvalue weighted by Gasteiger charge is 2.34. The summed E-state index contributed by atoms with van der Waals surface area (Å²) in [5.74, 6) is -0.478. The Hall–Kier alpha value is -0.340. The first kappa shape index (κ1) is 16.7. The average Bonchev–Trinajstić information content (AvgIpc) is 2.18. The summed E-state index contributed by atoms with van der Waals surface area (Å²) < 4.78 is 61.4. The molecule has 1 aliphatic rings. The molecule has 0 radical (unpaired) electrons. The van der Waals surface area contributed by atoms with Gasteiger partial charge in [-0.15, -0.1) is 0 Å². The summed E-state index contributed by atoms with van der Waals surface area (Å²) in [6.07, 6.45) is -3.04. The molecule has 1 fully saturated rings. The second kappa shape index (κ2) is 6.90. The fourth-order valence-corrected chi connectivity index (χ4v) is 3.84. The van der Waals surface area contributed by atoms with Crippen LogP contribution in [-0.4, -0.2) is 49.0 Å². The van der Waals surface area contributed by atoms with Crippen molar-refractivity contribution in [3.05, 3.63) is 0 Å². The summed E-state index contributed by atoms with van der Waals surface area (Å²) in [7, 11) is -3.65. The maximum absolute atomic E-state index is 12.0. The molecule has 4 nitrogen and oxygen atoms in total. The molecule has 1 rings (SSSR count). The van der Waals surface area contributed by atoms with Crippen molar-refractivity contribution in [2.75, 3.05) is 18.9 Å². The Balaban J connectivity index is 2.54. The van der Waals surface area contributed by atoms with E-state index >= 15 is 0 Å². The van der Waals surface area contributed by atoms with E-state index in [-0.39, 0.29) is 19.2 Å². The Morgan fingerprint density at radius 3 is 2.26 bits per heavy atom. The second-order valence-corrected chi connectivity index (χ2v) is 6.85. The molecule has 0 unspecified atom stereocenters. The molecule has 0 amide bonds. The van der Waals surface area contributed by atoms with E-state index in [4.69, 9.17) is 5.11 Å². The summed E-state index contributed by atoms with van der Waals surface area (Å²) in [4.78, 5) is 0. The average molecular weight is 303 g/mol. The normalized spacial score (nSPS) is 17.7. The number of halogens is 3. The van der Waals surface area contributed by atoms with E-state index in [9.17, 15) is 21.6 Å². The molecule has 1 aliphatic carbocycles. The van der Waals surface area contributed by atoms with Gasteiger partial charge in [0.05, 0.1) is 5.75 Å². The summed E-state index contributed by atoms with van der Waals surface area (Å²) >= 11 is 0. The Morgan fingerprint density at radius 1 is 1.21 bits per heavy atom. The molecule has 114 valence electrons. The molecule has 0 atom stereocenters. The minimum Gasteiger partial charge on any atom is -0.396 e. The predicted molar refractivity (Wildman–Crippen MR) is 65.1 cm³/mol. The van der Waals surface area contributed by atoms with Crippen LogP contribution in [0.4, 0.5) is 13.2 Å². The van der Waals surface area contributed by atoms with Crippen LogP contribution in [0.25, 0.3) is 0 Å². The molecule has 1 N–H and O–H groups in total. The van der Waals surface area contributed by atoms with E-state index in [0.717, 1.165) is 19.3 Å². The van der Waals surface area contributed by atoms with Crippen molar-refractivity contribution in [1.29, 1.82) is 0 Å². The second-order valence-electron chi connectivity index (χ2n) is 4.81. The van der Waals surface area contributed by atoms with Crippen molar-refractivity contribution in [3.8, 4) is 0 Å². The van der Waals surface area contributed by atoms with Gasteiger partial charge in [0.15, 0.2) is 0 Å². The third-order valence-electron chi connectivity index (χ3n) is 3.24. The van der Waals surface area contributed by atoms with Crippen LogP contribution in [0.5, 0.6) is 0 Å². The van der Waals surface area contributed by atoms with Crippen molar-refractivity contribution in [1.82, 2.24) is 4.31 Å². The van der Waals surface area contributed by atoms with E-state index in [2.05, 4.69) is 0 Å². The van der Waals surface area contributed by atoms with Gasteiger partial charge < -0.3 is 5.11 Å². The van der Waals surface area contributed by atoms with Crippen LogP contribution in [0, 0.1) is 0 Å². The van der Waals surface area contributed by atoms with Gasteiger partial charge in [-0.2, -0.15) is 17.5 Å². The van der Waals surface area contributed by atoms with Crippen LogP contribution >= 0.6 is 0 Å². The lowest BCUT2D eigenvalue weighted by Crippen LogP contribution is -2.45. The van der Waals surface area contributed by atoms with Crippen LogP contribution < -0.4 is 0 Å². The van der Waals surface area contributed by atoms with Crippen molar-refractivity contribution in [3.63, 3.8) is 0 Å². The highest BCUT2D eigenvalue weighted by molar-refractivity contribution is 7.89. The number of rotatable bonds is 8. The van der Waals surface area contributed by atoms with Crippen molar-refractivity contribution >= 4 is 10.0 Å². The summed E-state index contributed by atoms with van der Waals surface area (Å²) in [5.41, 5.74) is 0. The smallest absolute Gasteiger partial charge is 0.389 e. The largest absolute Gasteiger partial charge is 0.396 e. The minimum atomic E-state index is -4.32. The van der Waals surface area contributed by atoms with E-state index in [1.54, 1.807) is 0 Å². The van der Waals surface area contributed by atoms with Gasteiger partial charge in [-0.25, -0.2) is 8.42 Å². The topological polar surface area (TPSA) is 57.6 Å². The molecule has 0 aromatic carbocycles. The molecule has 0 aromatic rings. The number of hydrogen-bond donors (Lipinski definition) is 1. The first-order valence-corrected chi connectivity index (χ1v) is 8.04. The monoisotopic (exact) mass is 303 g/mol. The Labute approximate surface area is 111 Å². The fourth-order valence-electron chi connectivity index (χ4n) is 2.02. The fraction of sp³-hybridized carbons (Fsp3) is 1.00. The molecule has 0 aromatic heterocycles. The molecule has 19 heavy (non-hydrogen) atoms. The molecule has 0 aliphatic heterocycles. The van der Waals surface area contributed by atoms with E-state index in [0.29, 0.717) is 6.42 Å². The first-order valence-electron chi connectivity index (χ1n) is 6.43. The zero-order chi connectivity index (χ0) is 14.5. The zero-order valence-electron chi connectivity index (χ0n) is 10.7. The lowest BCUT2D eigenvalue weighted by atomic mass is 9.93. The van der Waals surface area contributed by atoms with Crippen LogP contribution in [0.3, 0.4) is 0 Å². The van der Waals surface area contributed by atoms with Crippen LogP contribution in [-0.2, 0) is 10.0 Å². The third kappa shape index (κ3) is 5.66. The zero-order valence-corrected chi connectivity index (χ0v) is 11.5. The highest BCUT2D eigenvalue weighted by Crippen LogP contribution is 2.28. The van der Waals surface area contributed by atoms with Gasteiger partial charge in [-0.05, 0) is 25.7 Å². The van der Waals surface area contributed by atoms with Crippen LogP contribution in [0.1, 0.15) is 38.5 Å². The van der Waals surface area contributed by atoms with Gasteiger partial charge in [-0.1, -0.05) is 6.42 Å². The standard InChI is InChI=1S/C11H20F3NO3S/c12-11(13,14)6-2-9-19(17,18)15(7-3-8-16)10-4-1-5-10/h10,16H,1-9H2.